The molecule has 1 atom stereocenters. The zero-order valence-electron chi connectivity index (χ0n) is 12.6. The molecule has 0 aliphatic heterocycles. The number of aromatic nitrogens is 1. The SMILES string of the molecule is NCC(C(=O)Cc1ccc2cnccc2c1)c1ccc(CO)s1. The Kier molecular flexibility index (Phi) is 4.81. The van der Waals surface area contributed by atoms with Crippen LogP contribution in [0.1, 0.15) is 21.2 Å². The molecule has 0 aliphatic carbocycles. The number of nitrogens with two attached hydrogens (primary N) is 1. The zero-order valence-corrected chi connectivity index (χ0v) is 13.4. The number of aliphatic hydroxyl groups is 1. The molecule has 5 heteroatoms. The second-order valence-corrected chi connectivity index (χ2v) is 6.65. The van der Waals surface area contributed by atoms with Crippen molar-refractivity contribution in [3.05, 3.63) is 64.1 Å². The Bertz CT molecular complexity index is 829. The number of hydrogen-bond acceptors (Lipinski definition) is 5. The van der Waals surface area contributed by atoms with Gasteiger partial charge < -0.3 is 10.8 Å². The molecule has 4 nitrogen and oxygen atoms in total. The number of benzene rings is 1. The Hall–Kier alpha value is -2.08. The molecular weight excluding hydrogens is 308 g/mol. The predicted molar refractivity (Wildman–Crippen MR) is 92.5 cm³/mol. The average Bonchev–Trinajstić information content (AvgIpc) is 3.04. The number of pyridine rings is 1. The topological polar surface area (TPSA) is 76.2 Å². The van der Waals surface area contributed by atoms with E-state index in [-0.39, 0.29) is 24.9 Å². The molecule has 0 fully saturated rings. The summed E-state index contributed by atoms with van der Waals surface area (Å²) in [5.74, 6) is -0.208. The van der Waals surface area contributed by atoms with Gasteiger partial charge in [-0.15, -0.1) is 11.3 Å². The van der Waals surface area contributed by atoms with Crippen LogP contribution in [0.25, 0.3) is 10.8 Å². The fraction of sp³-hybridized carbons (Fsp3) is 0.222. The third-order valence-electron chi connectivity index (χ3n) is 3.89. The largest absolute Gasteiger partial charge is 0.391 e. The van der Waals surface area contributed by atoms with Crippen molar-refractivity contribution in [1.29, 1.82) is 0 Å². The average molecular weight is 326 g/mol. The van der Waals surface area contributed by atoms with E-state index in [2.05, 4.69) is 4.98 Å². The van der Waals surface area contributed by atoms with Crippen LogP contribution >= 0.6 is 11.3 Å². The van der Waals surface area contributed by atoms with E-state index < -0.39 is 0 Å². The number of carbonyl (C=O) groups is 1. The van der Waals surface area contributed by atoms with Crippen LogP contribution in [0.2, 0.25) is 0 Å². The first-order valence-corrected chi connectivity index (χ1v) is 8.28. The molecule has 0 saturated heterocycles. The monoisotopic (exact) mass is 326 g/mol. The van der Waals surface area contributed by atoms with Gasteiger partial charge in [-0.05, 0) is 29.1 Å². The van der Waals surface area contributed by atoms with Crippen LogP contribution in [0, 0.1) is 0 Å². The lowest BCUT2D eigenvalue weighted by Gasteiger charge is -2.12. The summed E-state index contributed by atoms with van der Waals surface area (Å²) in [6, 6.07) is 11.6. The smallest absolute Gasteiger partial charge is 0.146 e. The summed E-state index contributed by atoms with van der Waals surface area (Å²) in [4.78, 5) is 18.5. The summed E-state index contributed by atoms with van der Waals surface area (Å²) in [5, 5.41) is 11.3. The number of carbonyl (C=O) groups excluding carboxylic acids is 1. The van der Waals surface area contributed by atoms with Crippen molar-refractivity contribution < 1.29 is 9.90 Å². The quantitative estimate of drug-likeness (QED) is 0.730. The van der Waals surface area contributed by atoms with Gasteiger partial charge in [0.2, 0.25) is 0 Å². The molecule has 0 amide bonds. The van der Waals surface area contributed by atoms with Crippen molar-refractivity contribution in [2.24, 2.45) is 5.73 Å². The maximum atomic E-state index is 12.6. The lowest BCUT2D eigenvalue weighted by molar-refractivity contribution is -0.119. The van der Waals surface area contributed by atoms with Crippen molar-refractivity contribution in [1.82, 2.24) is 4.98 Å². The summed E-state index contributed by atoms with van der Waals surface area (Å²) in [7, 11) is 0. The summed E-state index contributed by atoms with van der Waals surface area (Å²) < 4.78 is 0. The molecule has 0 aliphatic rings. The third-order valence-corrected chi connectivity index (χ3v) is 5.07. The number of aliphatic hydroxyl groups excluding tert-OH is 1. The van der Waals surface area contributed by atoms with E-state index in [0.29, 0.717) is 6.42 Å². The molecule has 2 heterocycles. The van der Waals surface area contributed by atoms with Gasteiger partial charge >= 0.3 is 0 Å². The summed E-state index contributed by atoms with van der Waals surface area (Å²) in [5.41, 5.74) is 6.79. The first-order chi connectivity index (χ1) is 11.2. The summed E-state index contributed by atoms with van der Waals surface area (Å²) in [6.45, 7) is 0.274. The lowest BCUT2D eigenvalue weighted by Crippen LogP contribution is -2.22. The molecule has 0 radical (unpaired) electrons. The zero-order chi connectivity index (χ0) is 16.2. The molecule has 23 heavy (non-hydrogen) atoms. The van der Waals surface area contributed by atoms with E-state index in [9.17, 15) is 4.79 Å². The highest BCUT2D eigenvalue weighted by Crippen LogP contribution is 2.26. The molecule has 0 spiro atoms. The van der Waals surface area contributed by atoms with Crippen LogP contribution < -0.4 is 5.73 Å². The van der Waals surface area contributed by atoms with E-state index >= 15 is 0 Å². The van der Waals surface area contributed by atoms with Gasteiger partial charge in [0.1, 0.15) is 5.78 Å². The van der Waals surface area contributed by atoms with Gasteiger partial charge in [0, 0.05) is 40.5 Å². The van der Waals surface area contributed by atoms with Gasteiger partial charge in [0.25, 0.3) is 0 Å². The lowest BCUT2D eigenvalue weighted by atomic mass is 9.95. The first kappa shape index (κ1) is 15.8. The van der Waals surface area contributed by atoms with Crippen molar-refractivity contribution in [3.63, 3.8) is 0 Å². The van der Waals surface area contributed by atoms with Crippen molar-refractivity contribution >= 4 is 27.9 Å². The molecule has 3 aromatic rings. The van der Waals surface area contributed by atoms with Crippen molar-refractivity contribution in [3.8, 4) is 0 Å². The van der Waals surface area contributed by atoms with Crippen LogP contribution in [0.15, 0.2) is 48.8 Å². The number of hydrogen-bond donors (Lipinski definition) is 2. The molecular formula is C18H18N2O2S. The molecule has 118 valence electrons. The molecule has 2 aromatic heterocycles. The van der Waals surface area contributed by atoms with Crippen LogP contribution in [0.4, 0.5) is 0 Å². The minimum atomic E-state index is -0.312. The molecule has 0 saturated carbocycles. The van der Waals surface area contributed by atoms with Crippen LogP contribution in [0.3, 0.4) is 0 Å². The number of ketones is 1. The Morgan fingerprint density at radius 3 is 2.83 bits per heavy atom. The van der Waals surface area contributed by atoms with Gasteiger partial charge in [-0.2, -0.15) is 0 Å². The summed E-state index contributed by atoms with van der Waals surface area (Å²) in [6.07, 6.45) is 3.91. The second-order valence-electron chi connectivity index (χ2n) is 5.45. The van der Waals surface area contributed by atoms with Crippen molar-refractivity contribution in [2.75, 3.05) is 6.54 Å². The van der Waals surface area contributed by atoms with Gasteiger partial charge in [0.05, 0.1) is 12.5 Å². The molecule has 1 unspecified atom stereocenters. The maximum Gasteiger partial charge on any atom is 0.146 e. The number of rotatable bonds is 6. The number of fused-ring (bicyclic) bond motifs is 1. The predicted octanol–water partition coefficient (Wildman–Crippen LogP) is 2.64. The van der Waals surface area contributed by atoms with Crippen LogP contribution in [-0.4, -0.2) is 22.4 Å². The second kappa shape index (κ2) is 7.00. The highest BCUT2D eigenvalue weighted by atomic mass is 32.1. The molecule has 0 bridgehead atoms. The van der Waals surface area contributed by atoms with E-state index in [4.69, 9.17) is 10.8 Å². The Morgan fingerprint density at radius 2 is 2.09 bits per heavy atom. The highest BCUT2D eigenvalue weighted by Gasteiger charge is 2.21. The Balaban J connectivity index is 1.80. The minimum Gasteiger partial charge on any atom is -0.391 e. The molecule has 1 aromatic carbocycles. The highest BCUT2D eigenvalue weighted by molar-refractivity contribution is 7.12. The van der Waals surface area contributed by atoms with E-state index in [1.165, 1.54) is 11.3 Å². The van der Waals surface area contributed by atoms with Gasteiger partial charge in [-0.25, -0.2) is 0 Å². The Labute approximate surface area is 138 Å². The fourth-order valence-corrected chi connectivity index (χ4v) is 3.65. The van der Waals surface area contributed by atoms with Crippen LogP contribution in [-0.2, 0) is 17.8 Å². The third kappa shape index (κ3) is 3.47. The van der Waals surface area contributed by atoms with E-state index in [1.807, 2.05) is 42.6 Å². The van der Waals surface area contributed by atoms with Gasteiger partial charge in [-0.1, -0.05) is 18.2 Å². The maximum absolute atomic E-state index is 12.6. The Morgan fingerprint density at radius 1 is 1.22 bits per heavy atom. The van der Waals surface area contributed by atoms with E-state index in [0.717, 1.165) is 26.1 Å². The van der Waals surface area contributed by atoms with Crippen LogP contribution in [0.5, 0.6) is 0 Å². The number of thiophene rings is 1. The molecule has 3 N–H and O–H groups in total. The van der Waals surface area contributed by atoms with E-state index in [1.54, 1.807) is 6.20 Å². The van der Waals surface area contributed by atoms with Gasteiger partial charge in [-0.3, -0.25) is 9.78 Å². The number of Topliss-reactive ketones (excluding diaryl/α,β-unsaturated/α-hetero) is 1. The minimum absolute atomic E-state index is 0.00510. The standard InChI is InChI=1S/C18H18N2O2S/c19-9-16(18-4-3-15(11-21)23-18)17(22)8-12-1-2-14-10-20-6-5-13(14)7-12/h1-7,10,16,21H,8-9,11,19H2. The summed E-state index contributed by atoms with van der Waals surface area (Å²) >= 11 is 1.45. The first-order valence-electron chi connectivity index (χ1n) is 7.46. The number of nitrogens with zero attached hydrogens (tertiary/aromatic N) is 1. The van der Waals surface area contributed by atoms with Gasteiger partial charge in [0.15, 0.2) is 0 Å². The normalized spacial score (nSPS) is 12.4. The fourth-order valence-electron chi connectivity index (χ4n) is 2.64. The molecule has 3 rings (SSSR count). The van der Waals surface area contributed by atoms with Crippen molar-refractivity contribution in [2.45, 2.75) is 18.9 Å².